The molecule has 2 rings (SSSR count). The standard InChI is InChI=1S/C18H21BrO/c1-4-12(2)14-5-7-15(8-6-14)18(20)17-10-9-16(19)11-13(17)3/h5-12,18,20H,4H2,1-3H3. The van der Waals surface area contributed by atoms with Crippen LogP contribution in [0.4, 0.5) is 0 Å². The van der Waals surface area contributed by atoms with Crippen molar-refractivity contribution in [3.05, 3.63) is 69.2 Å². The molecule has 0 heterocycles. The van der Waals surface area contributed by atoms with Crippen LogP contribution in [0.1, 0.15) is 54.5 Å². The number of aliphatic hydroxyl groups is 1. The summed E-state index contributed by atoms with van der Waals surface area (Å²) in [6, 6.07) is 14.3. The number of hydrogen-bond donors (Lipinski definition) is 1. The average Bonchev–Trinajstić information content (AvgIpc) is 2.46. The van der Waals surface area contributed by atoms with Gasteiger partial charge in [0.2, 0.25) is 0 Å². The molecule has 0 amide bonds. The molecule has 1 N–H and O–H groups in total. The lowest BCUT2D eigenvalue weighted by molar-refractivity contribution is 0.219. The number of benzene rings is 2. The zero-order valence-electron chi connectivity index (χ0n) is 12.2. The first-order valence-corrected chi connectivity index (χ1v) is 7.86. The molecule has 0 aliphatic carbocycles. The SMILES string of the molecule is CCC(C)c1ccc(C(O)c2ccc(Br)cc2C)cc1. The van der Waals surface area contributed by atoms with Crippen LogP contribution in [0.25, 0.3) is 0 Å². The van der Waals surface area contributed by atoms with E-state index in [4.69, 9.17) is 0 Å². The second-order valence-electron chi connectivity index (χ2n) is 5.38. The Hall–Kier alpha value is -1.12. The van der Waals surface area contributed by atoms with Crippen molar-refractivity contribution in [2.24, 2.45) is 0 Å². The molecule has 2 aromatic carbocycles. The molecule has 106 valence electrons. The van der Waals surface area contributed by atoms with Crippen molar-refractivity contribution in [3.8, 4) is 0 Å². The van der Waals surface area contributed by atoms with E-state index in [1.165, 1.54) is 5.56 Å². The molecule has 0 radical (unpaired) electrons. The van der Waals surface area contributed by atoms with E-state index < -0.39 is 6.10 Å². The molecule has 20 heavy (non-hydrogen) atoms. The highest BCUT2D eigenvalue weighted by molar-refractivity contribution is 9.10. The van der Waals surface area contributed by atoms with Crippen LogP contribution in [0.15, 0.2) is 46.9 Å². The molecule has 0 spiro atoms. The Bertz CT molecular complexity index is 574. The normalized spacial score (nSPS) is 14.1. The van der Waals surface area contributed by atoms with Gasteiger partial charge in [-0.2, -0.15) is 0 Å². The molecule has 0 saturated carbocycles. The first kappa shape index (κ1) is 15.3. The maximum Gasteiger partial charge on any atom is 0.104 e. The predicted octanol–water partition coefficient (Wildman–Crippen LogP) is 5.35. The lowest BCUT2D eigenvalue weighted by Crippen LogP contribution is -2.02. The predicted molar refractivity (Wildman–Crippen MR) is 88.1 cm³/mol. The summed E-state index contributed by atoms with van der Waals surface area (Å²) >= 11 is 3.45. The van der Waals surface area contributed by atoms with E-state index in [-0.39, 0.29) is 0 Å². The van der Waals surface area contributed by atoms with Crippen molar-refractivity contribution in [1.29, 1.82) is 0 Å². The van der Waals surface area contributed by atoms with Gasteiger partial charge in [-0.3, -0.25) is 0 Å². The number of aliphatic hydroxyl groups excluding tert-OH is 1. The van der Waals surface area contributed by atoms with E-state index in [2.05, 4.69) is 41.9 Å². The zero-order valence-corrected chi connectivity index (χ0v) is 13.8. The third-order valence-electron chi connectivity index (χ3n) is 3.96. The van der Waals surface area contributed by atoms with Crippen LogP contribution < -0.4 is 0 Å². The molecule has 0 aliphatic heterocycles. The molecular weight excluding hydrogens is 312 g/mol. The fourth-order valence-electron chi connectivity index (χ4n) is 2.37. The van der Waals surface area contributed by atoms with E-state index in [0.717, 1.165) is 27.6 Å². The number of halogens is 1. The topological polar surface area (TPSA) is 20.2 Å². The largest absolute Gasteiger partial charge is 0.384 e. The summed E-state index contributed by atoms with van der Waals surface area (Å²) in [7, 11) is 0. The lowest BCUT2D eigenvalue weighted by atomic mass is 9.93. The molecule has 0 aromatic heterocycles. The van der Waals surface area contributed by atoms with Crippen LogP contribution in [-0.2, 0) is 0 Å². The van der Waals surface area contributed by atoms with Crippen LogP contribution in [-0.4, -0.2) is 5.11 Å². The van der Waals surface area contributed by atoms with Crippen molar-refractivity contribution in [1.82, 2.24) is 0 Å². The smallest absolute Gasteiger partial charge is 0.104 e. The van der Waals surface area contributed by atoms with Crippen LogP contribution in [0, 0.1) is 6.92 Å². The van der Waals surface area contributed by atoms with Gasteiger partial charge in [-0.05, 0) is 53.6 Å². The van der Waals surface area contributed by atoms with Gasteiger partial charge in [0.1, 0.15) is 6.10 Å². The maximum atomic E-state index is 10.5. The van der Waals surface area contributed by atoms with Crippen LogP contribution in [0.2, 0.25) is 0 Å². The summed E-state index contributed by atoms with van der Waals surface area (Å²) in [5.41, 5.74) is 4.33. The Morgan fingerprint density at radius 2 is 1.65 bits per heavy atom. The minimum atomic E-state index is -0.561. The molecule has 0 aliphatic rings. The van der Waals surface area contributed by atoms with E-state index in [1.807, 2.05) is 37.3 Å². The molecule has 2 atom stereocenters. The first-order valence-electron chi connectivity index (χ1n) is 7.07. The van der Waals surface area contributed by atoms with Gasteiger partial charge < -0.3 is 5.11 Å². The van der Waals surface area contributed by atoms with E-state index >= 15 is 0 Å². The summed E-state index contributed by atoms with van der Waals surface area (Å²) in [6.07, 6.45) is 0.572. The minimum absolute atomic E-state index is 0.561. The molecule has 2 aromatic rings. The van der Waals surface area contributed by atoms with E-state index in [0.29, 0.717) is 5.92 Å². The van der Waals surface area contributed by atoms with Crippen LogP contribution in [0.5, 0.6) is 0 Å². The fraction of sp³-hybridized carbons (Fsp3) is 0.333. The van der Waals surface area contributed by atoms with Gasteiger partial charge in [0.15, 0.2) is 0 Å². The molecular formula is C18H21BrO. The Morgan fingerprint density at radius 1 is 1.05 bits per heavy atom. The van der Waals surface area contributed by atoms with Gasteiger partial charge in [0, 0.05) is 4.47 Å². The summed E-state index contributed by atoms with van der Waals surface area (Å²) in [5.74, 6) is 0.565. The summed E-state index contributed by atoms with van der Waals surface area (Å²) in [4.78, 5) is 0. The fourth-order valence-corrected chi connectivity index (χ4v) is 2.84. The van der Waals surface area contributed by atoms with Gasteiger partial charge >= 0.3 is 0 Å². The second kappa shape index (κ2) is 6.55. The second-order valence-corrected chi connectivity index (χ2v) is 6.30. The molecule has 2 heteroatoms. The molecule has 2 unspecified atom stereocenters. The minimum Gasteiger partial charge on any atom is -0.384 e. The number of rotatable bonds is 4. The molecule has 0 fully saturated rings. The van der Waals surface area contributed by atoms with Crippen LogP contribution >= 0.6 is 15.9 Å². The highest BCUT2D eigenvalue weighted by Crippen LogP contribution is 2.28. The van der Waals surface area contributed by atoms with E-state index in [1.54, 1.807) is 0 Å². The molecule has 1 nitrogen and oxygen atoms in total. The lowest BCUT2D eigenvalue weighted by Gasteiger charge is -2.16. The van der Waals surface area contributed by atoms with Crippen molar-refractivity contribution in [2.45, 2.75) is 39.2 Å². The van der Waals surface area contributed by atoms with Crippen LogP contribution in [0.3, 0.4) is 0 Å². The van der Waals surface area contributed by atoms with Gasteiger partial charge in [-0.25, -0.2) is 0 Å². The summed E-state index contributed by atoms with van der Waals surface area (Å²) in [6.45, 7) is 6.44. The molecule has 0 saturated heterocycles. The first-order chi connectivity index (χ1) is 9.52. The van der Waals surface area contributed by atoms with Gasteiger partial charge in [-0.1, -0.05) is 60.1 Å². The van der Waals surface area contributed by atoms with Crippen molar-refractivity contribution < 1.29 is 5.11 Å². The Morgan fingerprint density at radius 3 is 2.20 bits per heavy atom. The van der Waals surface area contributed by atoms with Gasteiger partial charge in [0.25, 0.3) is 0 Å². The average molecular weight is 333 g/mol. The highest BCUT2D eigenvalue weighted by Gasteiger charge is 2.13. The van der Waals surface area contributed by atoms with E-state index in [9.17, 15) is 5.11 Å². The van der Waals surface area contributed by atoms with Gasteiger partial charge in [0.05, 0.1) is 0 Å². The Kier molecular flexibility index (Phi) is 5.00. The highest BCUT2D eigenvalue weighted by atomic mass is 79.9. The van der Waals surface area contributed by atoms with Crippen molar-refractivity contribution in [2.75, 3.05) is 0 Å². The zero-order chi connectivity index (χ0) is 14.7. The molecule has 0 bridgehead atoms. The third-order valence-corrected chi connectivity index (χ3v) is 4.45. The Labute approximate surface area is 129 Å². The van der Waals surface area contributed by atoms with Crippen molar-refractivity contribution >= 4 is 15.9 Å². The number of hydrogen-bond acceptors (Lipinski definition) is 1. The Balaban J connectivity index is 2.26. The van der Waals surface area contributed by atoms with Crippen molar-refractivity contribution in [3.63, 3.8) is 0 Å². The third kappa shape index (κ3) is 3.31. The van der Waals surface area contributed by atoms with Gasteiger partial charge in [-0.15, -0.1) is 0 Å². The quantitative estimate of drug-likeness (QED) is 0.799. The summed E-state index contributed by atoms with van der Waals surface area (Å²) < 4.78 is 1.04. The maximum absolute atomic E-state index is 10.5. The summed E-state index contributed by atoms with van der Waals surface area (Å²) in [5, 5.41) is 10.5. The monoisotopic (exact) mass is 332 g/mol. The number of aryl methyl sites for hydroxylation is 1.